The fraction of sp³-hybridized carbons (Fsp3) is 0.611. The Morgan fingerprint density at radius 3 is 2.40 bits per heavy atom. The topological polar surface area (TPSA) is 75.7 Å². The third kappa shape index (κ3) is 5.19. The Labute approximate surface area is 150 Å². The summed E-state index contributed by atoms with van der Waals surface area (Å²) in [7, 11) is -3.15. The number of sulfonamides is 1. The second-order valence-electron chi connectivity index (χ2n) is 6.43. The molecular weight excluding hydrogens is 340 g/mol. The molecule has 1 amide bonds. The van der Waals surface area contributed by atoms with Crippen LogP contribution in [0.15, 0.2) is 18.2 Å². The molecule has 0 atom stereocenters. The van der Waals surface area contributed by atoms with Crippen molar-refractivity contribution < 1.29 is 17.9 Å². The smallest absolute Gasteiger partial charge is 0.223 e. The van der Waals surface area contributed by atoms with Gasteiger partial charge in [-0.2, -0.15) is 0 Å². The maximum atomic E-state index is 12.2. The molecule has 1 fully saturated rings. The van der Waals surface area contributed by atoms with E-state index in [1.807, 2.05) is 32.0 Å². The number of amides is 1. The number of rotatable bonds is 7. The van der Waals surface area contributed by atoms with Gasteiger partial charge in [-0.25, -0.2) is 12.7 Å². The highest BCUT2D eigenvalue weighted by molar-refractivity contribution is 7.89. The summed E-state index contributed by atoms with van der Waals surface area (Å²) in [6, 6.07) is 5.99. The van der Waals surface area contributed by atoms with E-state index in [-0.39, 0.29) is 17.6 Å². The van der Waals surface area contributed by atoms with E-state index >= 15 is 0 Å². The van der Waals surface area contributed by atoms with E-state index < -0.39 is 10.0 Å². The second kappa shape index (κ2) is 8.67. The van der Waals surface area contributed by atoms with Crippen LogP contribution in [0.4, 0.5) is 0 Å². The first-order chi connectivity index (χ1) is 11.8. The number of hydrogen-bond donors (Lipinski definition) is 1. The van der Waals surface area contributed by atoms with Crippen molar-refractivity contribution in [3.63, 3.8) is 0 Å². The highest BCUT2D eigenvalue weighted by Crippen LogP contribution is 2.22. The van der Waals surface area contributed by atoms with Crippen molar-refractivity contribution in [2.75, 3.05) is 32.0 Å². The molecule has 1 aromatic rings. The molecule has 1 saturated heterocycles. The number of benzene rings is 1. The molecule has 0 unspecified atom stereocenters. The summed E-state index contributed by atoms with van der Waals surface area (Å²) in [5.41, 5.74) is 2.16. The van der Waals surface area contributed by atoms with Gasteiger partial charge >= 0.3 is 0 Å². The number of aryl methyl sites for hydroxylation is 2. The molecule has 6 nitrogen and oxygen atoms in total. The summed E-state index contributed by atoms with van der Waals surface area (Å²) < 4.78 is 30.9. The molecule has 0 radical (unpaired) electrons. The number of ether oxygens (including phenoxy) is 1. The summed E-state index contributed by atoms with van der Waals surface area (Å²) >= 11 is 0. The Kier molecular flexibility index (Phi) is 6.84. The van der Waals surface area contributed by atoms with Crippen molar-refractivity contribution in [2.24, 2.45) is 5.92 Å². The number of hydrogen-bond acceptors (Lipinski definition) is 4. The van der Waals surface area contributed by atoms with E-state index in [0.29, 0.717) is 39.1 Å². The Morgan fingerprint density at radius 1 is 1.24 bits per heavy atom. The number of nitrogens with one attached hydrogen (secondary N) is 1. The first kappa shape index (κ1) is 19.7. The van der Waals surface area contributed by atoms with E-state index in [1.54, 1.807) is 6.92 Å². The average molecular weight is 368 g/mol. The van der Waals surface area contributed by atoms with Crippen molar-refractivity contribution in [1.29, 1.82) is 0 Å². The van der Waals surface area contributed by atoms with Crippen molar-refractivity contribution in [3.05, 3.63) is 29.3 Å². The van der Waals surface area contributed by atoms with E-state index in [0.717, 1.165) is 16.9 Å². The zero-order valence-corrected chi connectivity index (χ0v) is 16.1. The minimum Gasteiger partial charge on any atom is -0.491 e. The van der Waals surface area contributed by atoms with Gasteiger partial charge in [-0.1, -0.05) is 18.2 Å². The Balaban J connectivity index is 1.73. The minimum atomic E-state index is -3.15. The summed E-state index contributed by atoms with van der Waals surface area (Å²) in [4.78, 5) is 12.2. The summed E-state index contributed by atoms with van der Waals surface area (Å²) in [5, 5.41) is 2.90. The van der Waals surface area contributed by atoms with Crippen molar-refractivity contribution >= 4 is 15.9 Å². The highest BCUT2D eigenvalue weighted by atomic mass is 32.2. The third-order valence-electron chi connectivity index (χ3n) is 4.64. The molecule has 25 heavy (non-hydrogen) atoms. The summed E-state index contributed by atoms with van der Waals surface area (Å²) in [5.74, 6) is 0.844. The molecule has 1 heterocycles. The number of carbonyl (C=O) groups excluding carboxylic acids is 1. The molecule has 0 saturated carbocycles. The van der Waals surface area contributed by atoms with Crippen LogP contribution in [0.5, 0.6) is 5.75 Å². The Morgan fingerprint density at radius 2 is 1.84 bits per heavy atom. The van der Waals surface area contributed by atoms with Crippen molar-refractivity contribution in [1.82, 2.24) is 9.62 Å². The van der Waals surface area contributed by atoms with Gasteiger partial charge in [0.15, 0.2) is 0 Å². The van der Waals surface area contributed by atoms with E-state index in [9.17, 15) is 13.2 Å². The van der Waals surface area contributed by atoms with Crippen LogP contribution in [0.2, 0.25) is 0 Å². The van der Waals surface area contributed by atoms with Gasteiger partial charge in [-0.15, -0.1) is 0 Å². The molecule has 1 aliphatic heterocycles. The zero-order chi connectivity index (χ0) is 18.4. The van der Waals surface area contributed by atoms with Gasteiger partial charge in [0.05, 0.1) is 12.3 Å². The maximum Gasteiger partial charge on any atom is 0.223 e. The standard InChI is InChI=1S/C18H28N2O4S/c1-4-25(22,23)20-11-8-16(9-12-20)18(21)19-10-13-24-17-14(2)6-5-7-15(17)3/h5-7,16H,4,8-13H2,1-3H3,(H,19,21). The molecule has 2 rings (SSSR count). The molecule has 0 bridgehead atoms. The molecule has 1 aromatic carbocycles. The predicted octanol–water partition coefficient (Wildman–Crippen LogP) is 1.86. The van der Waals surface area contributed by atoms with Crippen LogP contribution >= 0.6 is 0 Å². The SMILES string of the molecule is CCS(=O)(=O)N1CCC(C(=O)NCCOc2c(C)cccc2C)CC1. The first-order valence-electron chi connectivity index (χ1n) is 8.79. The van der Waals surface area contributed by atoms with Crippen LogP contribution in [-0.4, -0.2) is 50.6 Å². The van der Waals surface area contributed by atoms with Crippen LogP contribution in [0.1, 0.15) is 30.9 Å². The molecule has 1 aliphatic rings. The van der Waals surface area contributed by atoms with Crippen LogP contribution in [0.25, 0.3) is 0 Å². The van der Waals surface area contributed by atoms with Gasteiger partial charge in [0.2, 0.25) is 15.9 Å². The minimum absolute atomic E-state index is 0.0151. The lowest BCUT2D eigenvalue weighted by Crippen LogP contribution is -2.44. The lowest BCUT2D eigenvalue weighted by Gasteiger charge is -2.30. The molecular formula is C18H28N2O4S. The molecule has 0 aromatic heterocycles. The van der Waals surface area contributed by atoms with Crippen LogP contribution in [0.3, 0.4) is 0 Å². The number of para-hydroxylation sites is 1. The number of nitrogens with zero attached hydrogens (tertiary/aromatic N) is 1. The summed E-state index contributed by atoms with van der Waals surface area (Å²) in [6.07, 6.45) is 1.14. The maximum absolute atomic E-state index is 12.2. The van der Waals surface area contributed by atoms with Gasteiger partial charge in [-0.05, 0) is 44.7 Å². The van der Waals surface area contributed by atoms with Gasteiger partial charge in [0.25, 0.3) is 0 Å². The van der Waals surface area contributed by atoms with E-state index in [1.165, 1.54) is 4.31 Å². The average Bonchev–Trinajstić information content (AvgIpc) is 2.60. The lowest BCUT2D eigenvalue weighted by molar-refractivity contribution is -0.126. The third-order valence-corrected chi connectivity index (χ3v) is 6.52. The molecule has 0 spiro atoms. The fourth-order valence-corrected chi connectivity index (χ4v) is 4.21. The fourth-order valence-electron chi connectivity index (χ4n) is 3.08. The van der Waals surface area contributed by atoms with Crippen LogP contribution in [0, 0.1) is 19.8 Å². The van der Waals surface area contributed by atoms with Crippen molar-refractivity contribution in [3.8, 4) is 5.75 Å². The normalized spacial score (nSPS) is 16.6. The van der Waals surface area contributed by atoms with Gasteiger partial charge in [-0.3, -0.25) is 4.79 Å². The van der Waals surface area contributed by atoms with E-state index in [4.69, 9.17) is 4.74 Å². The largest absolute Gasteiger partial charge is 0.491 e. The second-order valence-corrected chi connectivity index (χ2v) is 8.69. The van der Waals surface area contributed by atoms with Crippen LogP contribution in [-0.2, 0) is 14.8 Å². The van der Waals surface area contributed by atoms with E-state index in [2.05, 4.69) is 5.32 Å². The molecule has 0 aliphatic carbocycles. The Hall–Kier alpha value is -1.60. The monoisotopic (exact) mass is 368 g/mol. The highest BCUT2D eigenvalue weighted by Gasteiger charge is 2.29. The Bertz CT molecular complexity index is 675. The predicted molar refractivity (Wildman–Crippen MR) is 98.2 cm³/mol. The first-order valence-corrected chi connectivity index (χ1v) is 10.4. The summed E-state index contributed by atoms with van der Waals surface area (Å²) in [6.45, 7) is 7.35. The number of piperidine rings is 1. The molecule has 140 valence electrons. The zero-order valence-electron chi connectivity index (χ0n) is 15.2. The van der Waals surface area contributed by atoms with Crippen molar-refractivity contribution in [2.45, 2.75) is 33.6 Å². The molecule has 7 heteroatoms. The van der Waals surface area contributed by atoms with Gasteiger partial charge in [0.1, 0.15) is 12.4 Å². The number of carbonyl (C=O) groups is 1. The molecule has 1 N–H and O–H groups in total. The van der Waals surface area contributed by atoms with Gasteiger partial charge < -0.3 is 10.1 Å². The quantitative estimate of drug-likeness (QED) is 0.746. The van der Waals surface area contributed by atoms with Crippen LogP contribution < -0.4 is 10.1 Å². The lowest BCUT2D eigenvalue weighted by atomic mass is 9.97. The van der Waals surface area contributed by atoms with Gasteiger partial charge in [0, 0.05) is 19.0 Å².